The van der Waals surface area contributed by atoms with Crippen LogP contribution in [0.15, 0.2) is 59.5 Å². The number of phenols is 1. The Balaban J connectivity index is 1.81. The summed E-state index contributed by atoms with van der Waals surface area (Å²) in [6, 6.07) is 7.67. The van der Waals surface area contributed by atoms with Crippen molar-refractivity contribution in [3.05, 3.63) is 60.2 Å². The molecule has 0 radical (unpaired) electrons. The van der Waals surface area contributed by atoms with Crippen LogP contribution in [-0.4, -0.2) is 117 Å². The van der Waals surface area contributed by atoms with Gasteiger partial charge in [0.15, 0.2) is 0 Å². The van der Waals surface area contributed by atoms with E-state index in [0.29, 0.717) is 24.9 Å². The summed E-state index contributed by atoms with van der Waals surface area (Å²) in [6.45, 7) is 9.82. The Morgan fingerprint density at radius 3 is 2.11 bits per heavy atom. The molecule has 0 bridgehead atoms. The Bertz CT molecular complexity index is 1670. The van der Waals surface area contributed by atoms with Gasteiger partial charge in [-0.15, -0.1) is 11.8 Å². The van der Waals surface area contributed by atoms with E-state index < -0.39 is 95.8 Å². The summed E-state index contributed by atoms with van der Waals surface area (Å²) < 4.78 is 0. The number of thioether (sulfide) groups is 1. The van der Waals surface area contributed by atoms with Gasteiger partial charge in [0, 0.05) is 22.6 Å². The van der Waals surface area contributed by atoms with E-state index in [1.54, 1.807) is 30.9 Å². The van der Waals surface area contributed by atoms with Crippen LogP contribution in [0.2, 0.25) is 0 Å². The SMILES string of the molecule is CC(C)[C@@H]1NC(=O)[C@@H](C)NC(=O)[C@H](Cc2ccc(O)cc2)NC(=O)[C@@H]2CCCN2C(C(=O)NC(C)(C)C)C(CSc2ccccc2)NC(=O)[C@H](CO)NC1=O. The lowest BCUT2D eigenvalue weighted by atomic mass is 10.00. The normalized spacial score (nSPS) is 26.4. The van der Waals surface area contributed by atoms with E-state index in [2.05, 4.69) is 31.9 Å². The van der Waals surface area contributed by atoms with Crippen LogP contribution >= 0.6 is 11.8 Å². The summed E-state index contributed by atoms with van der Waals surface area (Å²) in [5.74, 6) is -4.07. The van der Waals surface area contributed by atoms with Crippen LogP contribution in [0.4, 0.5) is 0 Å². The van der Waals surface area contributed by atoms with E-state index in [1.165, 1.54) is 30.8 Å². The highest BCUT2D eigenvalue weighted by molar-refractivity contribution is 7.99. The first-order valence-corrected chi connectivity index (χ1v) is 19.6. The summed E-state index contributed by atoms with van der Waals surface area (Å²) in [7, 11) is 0. The van der Waals surface area contributed by atoms with Crippen LogP contribution in [0, 0.1) is 5.92 Å². The number of phenolic OH excluding ortho intramolecular Hbond substituents is 1. The molecular weight excluding hydrogens is 727 g/mol. The zero-order valence-corrected chi connectivity index (χ0v) is 33.1. The lowest BCUT2D eigenvalue weighted by Gasteiger charge is -2.39. The number of hydrogen-bond donors (Lipinski definition) is 8. The van der Waals surface area contributed by atoms with Gasteiger partial charge in [0.2, 0.25) is 35.4 Å². The highest BCUT2D eigenvalue weighted by atomic mass is 32.2. The molecule has 8 N–H and O–H groups in total. The molecule has 15 nitrogen and oxygen atoms in total. The number of aliphatic hydroxyl groups excluding tert-OH is 1. The predicted molar refractivity (Wildman–Crippen MR) is 208 cm³/mol. The first-order valence-electron chi connectivity index (χ1n) is 18.6. The van der Waals surface area contributed by atoms with Crippen LogP contribution in [-0.2, 0) is 35.2 Å². The van der Waals surface area contributed by atoms with Gasteiger partial charge in [-0.25, -0.2) is 0 Å². The number of carbonyl (C=O) groups is 6. The summed E-state index contributed by atoms with van der Waals surface area (Å²) in [4.78, 5) is 86.2. The number of fused-ring (bicyclic) bond motifs is 1. The minimum Gasteiger partial charge on any atom is -0.508 e. The van der Waals surface area contributed by atoms with Crippen molar-refractivity contribution in [2.45, 2.75) is 114 Å². The number of rotatable bonds is 8. The number of nitrogens with zero attached hydrogens (tertiary/aromatic N) is 1. The van der Waals surface area contributed by atoms with Crippen LogP contribution < -0.4 is 31.9 Å². The van der Waals surface area contributed by atoms with Crippen molar-refractivity contribution in [3.63, 3.8) is 0 Å². The minimum atomic E-state index is -1.45. The molecule has 2 fully saturated rings. The first-order chi connectivity index (χ1) is 26.0. The van der Waals surface area contributed by atoms with Crippen molar-refractivity contribution in [2.24, 2.45) is 5.92 Å². The molecule has 16 heteroatoms. The molecule has 7 atom stereocenters. The Hall–Kier alpha value is -4.67. The topological polar surface area (TPSA) is 218 Å². The highest BCUT2D eigenvalue weighted by Crippen LogP contribution is 2.27. The number of amides is 6. The lowest BCUT2D eigenvalue weighted by molar-refractivity contribution is -0.138. The van der Waals surface area contributed by atoms with Gasteiger partial charge < -0.3 is 42.1 Å². The zero-order chi connectivity index (χ0) is 40.4. The molecule has 2 aromatic carbocycles. The fourth-order valence-corrected chi connectivity index (χ4v) is 7.59. The van der Waals surface area contributed by atoms with Crippen molar-refractivity contribution in [3.8, 4) is 5.75 Å². The van der Waals surface area contributed by atoms with E-state index in [9.17, 15) is 39.0 Å². The van der Waals surface area contributed by atoms with Crippen molar-refractivity contribution < 1.29 is 39.0 Å². The van der Waals surface area contributed by atoms with Crippen LogP contribution in [0.25, 0.3) is 0 Å². The van der Waals surface area contributed by atoms with Crippen LogP contribution in [0.5, 0.6) is 5.75 Å². The van der Waals surface area contributed by atoms with E-state index in [-0.39, 0.29) is 17.9 Å². The molecule has 2 heterocycles. The third-order valence-electron chi connectivity index (χ3n) is 9.43. The molecule has 300 valence electrons. The predicted octanol–water partition coefficient (Wildman–Crippen LogP) is 0.581. The van der Waals surface area contributed by atoms with Gasteiger partial charge in [-0.2, -0.15) is 0 Å². The van der Waals surface area contributed by atoms with Crippen molar-refractivity contribution in [1.29, 1.82) is 0 Å². The first kappa shape index (κ1) is 43.1. The molecule has 55 heavy (non-hydrogen) atoms. The molecule has 0 aliphatic carbocycles. The molecule has 0 saturated carbocycles. The second kappa shape index (κ2) is 19.3. The number of benzene rings is 2. The van der Waals surface area contributed by atoms with Gasteiger partial charge in [-0.3, -0.25) is 33.7 Å². The Labute approximate surface area is 326 Å². The second-order valence-electron chi connectivity index (χ2n) is 15.5. The molecule has 2 unspecified atom stereocenters. The van der Waals surface area contributed by atoms with E-state index in [1.807, 2.05) is 51.1 Å². The number of carbonyl (C=O) groups excluding carboxylic acids is 6. The average Bonchev–Trinajstić information content (AvgIpc) is 3.60. The van der Waals surface area contributed by atoms with Crippen LogP contribution in [0.3, 0.4) is 0 Å². The third-order valence-corrected chi connectivity index (χ3v) is 10.6. The van der Waals surface area contributed by atoms with Gasteiger partial charge >= 0.3 is 0 Å². The number of aliphatic hydroxyl groups is 1. The van der Waals surface area contributed by atoms with Crippen molar-refractivity contribution >= 4 is 47.2 Å². The highest BCUT2D eigenvalue weighted by Gasteiger charge is 2.45. The van der Waals surface area contributed by atoms with Crippen LogP contribution in [0.1, 0.15) is 59.9 Å². The maximum atomic E-state index is 14.4. The minimum absolute atomic E-state index is 0.0127. The molecule has 2 aromatic rings. The molecule has 4 rings (SSSR count). The Morgan fingerprint density at radius 2 is 1.49 bits per heavy atom. The zero-order valence-electron chi connectivity index (χ0n) is 32.3. The maximum absolute atomic E-state index is 14.4. The van der Waals surface area contributed by atoms with Gasteiger partial charge in [0.25, 0.3) is 0 Å². The summed E-state index contributed by atoms with van der Waals surface area (Å²) in [5, 5.41) is 36.9. The van der Waals surface area contributed by atoms with E-state index >= 15 is 0 Å². The Morgan fingerprint density at radius 1 is 0.855 bits per heavy atom. The smallest absolute Gasteiger partial charge is 0.245 e. The maximum Gasteiger partial charge on any atom is 0.245 e. The third kappa shape index (κ3) is 12.2. The van der Waals surface area contributed by atoms with E-state index in [0.717, 1.165) is 4.90 Å². The molecule has 0 aromatic heterocycles. The van der Waals surface area contributed by atoms with Gasteiger partial charge in [-0.05, 0) is 82.8 Å². The fraction of sp³-hybridized carbons (Fsp3) is 0.538. The molecule has 6 amide bonds. The molecule has 0 spiro atoms. The van der Waals surface area contributed by atoms with Crippen molar-refractivity contribution in [2.75, 3.05) is 18.9 Å². The number of nitrogens with one attached hydrogen (secondary N) is 6. The van der Waals surface area contributed by atoms with E-state index in [4.69, 9.17) is 0 Å². The lowest BCUT2D eigenvalue weighted by Crippen LogP contribution is -2.66. The second-order valence-corrected chi connectivity index (χ2v) is 16.5. The summed E-state index contributed by atoms with van der Waals surface area (Å²) >= 11 is 1.39. The fourth-order valence-electron chi connectivity index (χ4n) is 6.60. The molecule has 2 aliphatic heterocycles. The quantitative estimate of drug-likeness (QED) is 0.174. The van der Waals surface area contributed by atoms with Gasteiger partial charge in [0.05, 0.1) is 18.7 Å². The molecule has 2 saturated heterocycles. The van der Waals surface area contributed by atoms with Gasteiger partial charge in [0.1, 0.15) is 36.0 Å². The summed E-state index contributed by atoms with van der Waals surface area (Å²) in [5.41, 5.74) is -0.0669. The molecule has 2 aliphatic rings. The average molecular weight is 782 g/mol. The summed E-state index contributed by atoms with van der Waals surface area (Å²) in [6.07, 6.45) is 0.885. The molecular formula is C39H55N7O8S. The Kier molecular flexibility index (Phi) is 15.1. The number of aromatic hydroxyl groups is 1. The standard InChI is InChI=1S/C39H55N7O8S/c1-22(2)31-37(53)42-28(20-47)35(51)43-29(21-55-26-11-8-7-9-12-26)32(38(54)45-39(4,5)6)46-18-10-13-30(46)36(52)41-27(19-24-14-16-25(48)17-15-24)34(50)40-23(3)33(49)44-31/h7-9,11-12,14-17,22-23,27-32,47-48H,10,13,18-21H2,1-6H3,(H,40,50)(H,41,52)(H,42,53)(H,43,51)(H,44,49)(H,45,54)/t23-,27+,28+,29?,30+,31+,32?/m1/s1. The number of hydrogen-bond acceptors (Lipinski definition) is 10. The monoisotopic (exact) mass is 781 g/mol. The largest absolute Gasteiger partial charge is 0.508 e. The van der Waals surface area contributed by atoms with Crippen molar-refractivity contribution in [1.82, 2.24) is 36.8 Å². The van der Waals surface area contributed by atoms with Gasteiger partial charge in [-0.1, -0.05) is 44.2 Å².